The molecule has 0 heterocycles. The number of benzene rings is 2. The number of hydrogen-bond acceptors (Lipinski definition) is 3. The maximum atomic E-state index is 12.5. The zero-order valence-corrected chi connectivity index (χ0v) is 14.1. The Morgan fingerprint density at radius 3 is 2.46 bits per heavy atom. The van der Waals surface area contributed by atoms with Crippen LogP contribution in [-0.4, -0.2) is 18.5 Å². The quantitative estimate of drug-likeness (QED) is 0.790. The molecule has 4 heteroatoms. The van der Waals surface area contributed by atoms with Gasteiger partial charge in [0.1, 0.15) is 0 Å². The summed E-state index contributed by atoms with van der Waals surface area (Å²) in [7, 11) is 0. The van der Waals surface area contributed by atoms with E-state index in [4.69, 9.17) is 4.74 Å². The summed E-state index contributed by atoms with van der Waals surface area (Å²) in [6.07, 6.45) is 0.660. The Hall–Kier alpha value is -2.62. The van der Waals surface area contributed by atoms with Crippen molar-refractivity contribution in [3.63, 3.8) is 0 Å². The lowest BCUT2D eigenvalue weighted by Gasteiger charge is -2.16. The molecular formula is C20H23NO3. The van der Waals surface area contributed by atoms with Crippen LogP contribution in [0.1, 0.15) is 47.7 Å². The predicted molar refractivity (Wildman–Crippen MR) is 93.7 cm³/mol. The highest BCUT2D eigenvalue weighted by Crippen LogP contribution is 2.21. The van der Waals surface area contributed by atoms with E-state index in [0.29, 0.717) is 25.1 Å². The average Bonchev–Trinajstić information content (AvgIpc) is 2.62. The molecular weight excluding hydrogens is 302 g/mol. The molecule has 2 rings (SSSR count). The van der Waals surface area contributed by atoms with Gasteiger partial charge in [-0.15, -0.1) is 0 Å². The summed E-state index contributed by atoms with van der Waals surface area (Å²) in [5.74, 6) is -0.690. The zero-order valence-electron chi connectivity index (χ0n) is 14.1. The van der Waals surface area contributed by atoms with Gasteiger partial charge in [-0.2, -0.15) is 0 Å². The van der Waals surface area contributed by atoms with Gasteiger partial charge in [0, 0.05) is 6.54 Å². The van der Waals surface area contributed by atoms with Crippen molar-refractivity contribution >= 4 is 11.9 Å². The van der Waals surface area contributed by atoms with Crippen LogP contribution in [0.2, 0.25) is 0 Å². The standard InChI is InChI=1S/C20H23NO3/c1-3-18(19(22)21-14-15-9-6-5-7-10-15)16-11-8-12-17(13-16)20(23)24-4-2/h5-13,18H,3-4,14H2,1-2H3,(H,21,22)/t18-/m1/s1. The maximum absolute atomic E-state index is 12.5. The van der Waals surface area contributed by atoms with Gasteiger partial charge in [-0.25, -0.2) is 4.79 Å². The van der Waals surface area contributed by atoms with Gasteiger partial charge in [0.05, 0.1) is 18.1 Å². The van der Waals surface area contributed by atoms with Crippen molar-refractivity contribution in [2.75, 3.05) is 6.61 Å². The monoisotopic (exact) mass is 325 g/mol. The zero-order chi connectivity index (χ0) is 17.4. The molecule has 1 atom stereocenters. The lowest BCUT2D eigenvalue weighted by molar-refractivity contribution is -0.122. The summed E-state index contributed by atoms with van der Waals surface area (Å²) >= 11 is 0. The third-order valence-corrected chi connectivity index (χ3v) is 3.83. The number of nitrogens with one attached hydrogen (secondary N) is 1. The average molecular weight is 325 g/mol. The molecule has 0 saturated carbocycles. The van der Waals surface area contributed by atoms with Gasteiger partial charge < -0.3 is 10.1 Å². The van der Waals surface area contributed by atoms with Crippen molar-refractivity contribution in [3.8, 4) is 0 Å². The number of ether oxygens (including phenoxy) is 1. The van der Waals surface area contributed by atoms with Crippen LogP contribution in [0, 0.1) is 0 Å². The highest BCUT2D eigenvalue weighted by Gasteiger charge is 2.19. The number of carbonyl (C=O) groups is 2. The molecule has 2 aromatic carbocycles. The first-order valence-corrected chi connectivity index (χ1v) is 8.24. The van der Waals surface area contributed by atoms with Crippen LogP contribution < -0.4 is 5.32 Å². The van der Waals surface area contributed by atoms with Gasteiger partial charge in [0.15, 0.2) is 0 Å². The molecule has 0 saturated heterocycles. The second-order valence-corrected chi connectivity index (χ2v) is 5.51. The number of rotatable bonds is 7. The minimum atomic E-state index is -0.362. The van der Waals surface area contributed by atoms with E-state index in [-0.39, 0.29) is 17.8 Å². The third-order valence-electron chi connectivity index (χ3n) is 3.83. The van der Waals surface area contributed by atoms with Crippen LogP contribution in [0.4, 0.5) is 0 Å². The molecule has 0 aliphatic carbocycles. The second-order valence-electron chi connectivity index (χ2n) is 5.51. The lowest BCUT2D eigenvalue weighted by atomic mass is 9.94. The van der Waals surface area contributed by atoms with E-state index in [9.17, 15) is 9.59 Å². The molecule has 24 heavy (non-hydrogen) atoms. The Morgan fingerprint density at radius 2 is 1.79 bits per heavy atom. The Balaban J connectivity index is 2.08. The van der Waals surface area contributed by atoms with Gasteiger partial charge in [-0.1, -0.05) is 49.4 Å². The van der Waals surface area contributed by atoms with Crippen molar-refractivity contribution in [1.82, 2.24) is 5.32 Å². The summed E-state index contributed by atoms with van der Waals surface area (Å²) in [6, 6.07) is 16.9. The van der Waals surface area contributed by atoms with Crippen molar-refractivity contribution in [2.45, 2.75) is 32.7 Å². The van der Waals surface area contributed by atoms with E-state index in [1.165, 1.54) is 0 Å². The maximum Gasteiger partial charge on any atom is 0.338 e. The Morgan fingerprint density at radius 1 is 1.04 bits per heavy atom. The van der Waals surface area contributed by atoms with Gasteiger partial charge in [-0.3, -0.25) is 4.79 Å². The molecule has 0 aromatic heterocycles. The van der Waals surface area contributed by atoms with Crippen LogP contribution in [-0.2, 0) is 16.1 Å². The molecule has 0 spiro atoms. The number of hydrogen-bond donors (Lipinski definition) is 1. The van der Waals surface area contributed by atoms with Gasteiger partial charge >= 0.3 is 5.97 Å². The SMILES string of the molecule is CCOC(=O)c1cccc([C@@H](CC)C(=O)NCc2ccccc2)c1. The Kier molecular flexibility index (Phi) is 6.55. The molecule has 4 nitrogen and oxygen atoms in total. The van der Waals surface area contributed by atoms with Gasteiger partial charge in [0.25, 0.3) is 0 Å². The summed E-state index contributed by atoms with van der Waals surface area (Å²) in [4.78, 5) is 24.4. The van der Waals surface area contributed by atoms with E-state index in [0.717, 1.165) is 11.1 Å². The van der Waals surface area contributed by atoms with E-state index < -0.39 is 0 Å². The minimum Gasteiger partial charge on any atom is -0.462 e. The van der Waals surface area contributed by atoms with Crippen molar-refractivity contribution in [2.24, 2.45) is 0 Å². The van der Waals surface area contributed by atoms with Crippen LogP contribution in [0.3, 0.4) is 0 Å². The van der Waals surface area contributed by atoms with Crippen LogP contribution >= 0.6 is 0 Å². The van der Waals surface area contributed by atoms with E-state index >= 15 is 0 Å². The fourth-order valence-electron chi connectivity index (χ4n) is 2.58. The van der Waals surface area contributed by atoms with Crippen molar-refractivity contribution in [1.29, 1.82) is 0 Å². The largest absolute Gasteiger partial charge is 0.462 e. The normalized spacial score (nSPS) is 11.6. The van der Waals surface area contributed by atoms with Crippen LogP contribution in [0.25, 0.3) is 0 Å². The fraction of sp³-hybridized carbons (Fsp3) is 0.300. The molecule has 0 bridgehead atoms. The lowest BCUT2D eigenvalue weighted by Crippen LogP contribution is -2.28. The third kappa shape index (κ3) is 4.69. The smallest absolute Gasteiger partial charge is 0.338 e. The van der Waals surface area contributed by atoms with E-state index in [2.05, 4.69) is 5.32 Å². The Bertz CT molecular complexity index is 682. The molecule has 2 aromatic rings. The van der Waals surface area contributed by atoms with Crippen LogP contribution in [0.15, 0.2) is 54.6 Å². The number of carbonyl (C=O) groups excluding carboxylic acids is 2. The molecule has 0 unspecified atom stereocenters. The summed E-state index contributed by atoms with van der Waals surface area (Å²) in [5, 5.41) is 2.97. The van der Waals surface area contributed by atoms with Gasteiger partial charge in [-0.05, 0) is 36.6 Å². The first-order valence-electron chi connectivity index (χ1n) is 8.24. The summed E-state index contributed by atoms with van der Waals surface area (Å²) < 4.78 is 5.02. The summed E-state index contributed by atoms with van der Waals surface area (Å²) in [5.41, 5.74) is 2.36. The van der Waals surface area contributed by atoms with Crippen molar-refractivity contribution < 1.29 is 14.3 Å². The predicted octanol–water partition coefficient (Wildman–Crippen LogP) is 3.67. The molecule has 0 aliphatic rings. The topological polar surface area (TPSA) is 55.4 Å². The first kappa shape index (κ1) is 17.7. The minimum absolute atomic E-state index is 0.0395. The Labute approximate surface area is 142 Å². The van der Waals surface area contributed by atoms with Gasteiger partial charge in [0.2, 0.25) is 5.91 Å². The van der Waals surface area contributed by atoms with E-state index in [1.807, 2.05) is 43.3 Å². The summed E-state index contributed by atoms with van der Waals surface area (Å²) in [6.45, 7) is 4.56. The first-order chi connectivity index (χ1) is 11.7. The number of esters is 1. The fourth-order valence-corrected chi connectivity index (χ4v) is 2.58. The second kappa shape index (κ2) is 8.87. The molecule has 1 amide bonds. The molecule has 0 fully saturated rings. The highest BCUT2D eigenvalue weighted by atomic mass is 16.5. The van der Waals surface area contributed by atoms with Crippen LogP contribution in [0.5, 0.6) is 0 Å². The van der Waals surface area contributed by atoms with Crippen molar-refractivity contribution in [3.05, 3.63) is 71.3 Å². The molecule has 0 radical (unpaired) electrons. The number of amides is 1. The molecule has 1 N–H and O–H groups in total. The molecule has 0 aliphatic heterocycles. The highest BCUT2D eigenvalue weighted by molar-refractivity contribution is 5.90. The molecule has 126 valence electrons. The van der Waals surface area contributed by atoms with E-state index in [1.54, 1.807) is 25.1 Å².